The number of aliphatic imine (C=N–C) groups is 1. The molecule has 0 aromatic heterocycles. The summed E-state index contributed by atoms with van der Waals surface area (Å²) in [6, 6.07) is 2.53. The fourth-order valence-corrected chi connectivity index (χ4v) is 7.37. The smallest absolute Gasteiger partial charge is 0.277 e. The van der Waals surface area contributed by atoms with Crippen LogP contribution < -0.4 is 4.90 Å². The number of amidine groups is 1. The molecule has 3 aliphatic heterocycles. The number of hydrogen-bond acceptors (Lipinski definition) is 5. The second-order valence-electron chi connectivity index (χ2n) is 6.50. The number of fused-ring (bicyclic) bond motifs is 1. The fraction of sp³-hybridized carbons (Fsp3) is 0.500. The summed E-state index contributed by atoms with van der Waals surface area (Å²) in [7, 11) is -3.26. The average Bonchev–Trinajstić information content (AvgIpc) is 3.23. The minimum absolute atomic E-state index is 0.0161. The van der Waals surface area contributed by atoms with E-state index in [4.69, 9.17) is 4.74 Å². The zero-order valence-corrected chi connectivity index (χ0v) is 15.2. The molecule has 3 atom stereocenters. The number of amides is 1. The quantitative estimate of drug-likeness (QED) is 0.750. The molecule has 0 N–H and O–H groups in total. The van der Waals surface area contributed by atoms with E-state index in [1.54, 1.807) is 0 Å². The Balaban J connectivity index is 1.72. The lowest BCUT2D eigenvalue weighted by molar-refractivity contribution is -0.126. The van der Waals surface area contributed by atoms with Crippen molar-refractivity contribution in [3.8, 4) is 0 Å². The number of anilines is 1. The monoisotopic (exact) mass is 402 g/mol. The standard InChI is InChI=1S/C16H16F2N2O4S2/c17-9-3-4-11(10(18)6-9)20-12-7-26(22,23)8-14(12)25-16(20)19-15(21)13-2-1-5-24-13/h3-4,6,12-14H,1-2,5,7-8H2/t12-,13-,14-/m0/s1. The molecule has 10 heteroatoms. The fourth-order valence-electron chi connectivity index (χ4n) is 3.46. The Hall–Kier alpha value is -1.52. The molecule has 3 fully saturated rings. The Morgan fingerprint density at radius 3 is 2.81 bits per heavy atom. The van der Waals surface area contributed by atoms with Gasteiger partial charge in [0.25, 0.3) is 5.91 Å². The van der Waals surface area contributed by atoms with Crippen molar-refractivity contribution >= 4 is 38.4 Å². The van der Waals surface area contributed by atoms with Crippen LogP contribution in [0.2, 0.25) is 0 Å². The van der Waals surface area contributed by atoms with Crippen LogP contribution in [0, 0.1) is 11.6 Å². The Morgan fingerprint density at radius 2 is 2.12 bits per heavy atom. The molecular formula is C16H16F2N2O4S2. The number of carbonyl (C=O) groups excluding carboxylic acids is 1. The van der Waals surface area contributed by atoms with Crippen molar-refractivity contribution in [1.82, 2.24) is 0 Å². The molecule has 0 unspecified atom stereocenters. The molecule has 0 saturated carbocycles. The average molecular weight is 402 g/mol. The zero-order chi connectivity index (χ0) is 18.5. The first-order chi connectivity index (χ1) is 12.3. The van der Waals surface area contributed by atoms with Crippen LogP contribution in [0.1, 0.15) is 12.8 Å². The van der Waals surface area contributed by atoms with Gasteiger partial charge in [0.05, 0.1) is 23.2 Å². The summed E-state index contributed by atoms with van der Waals surface area (Å²) in [6.07, 6.45) is 0.729. The maximum Gasteiger partial charge on any atom is 0.277 e. The van der Waals surface area contributed by atoms with Crippen molar-refractivity contribution in [2.24, 2.45) is 4.99 Å². The Kier molecular flexibility index (Phi) is 4.52. The normalized spacial score (nSPS) is 31.5. The number of rotatable bonds is 2. The largest absolute Gasteiger partial charge is 0.368 e. The van der Waals surface area contributed by atoms with Crippen molar-refractivity contribution in [3.05, 3.63) is 29.8 Å². The minimum Gasteiger partial charge on any atom is -0.368 e. The molecule has 6 nitrogen and oxygen atoms in total. The number of thioether (sulfide) groups is 1. The second-order valence-corrected chi connectivity index (χ2v) is 9.86. The number of ether oxygens (including phenoxy) is 1. The van der Waals surface area contributed by atoms with Crippen LogP contribution in [0.3, 0.4) is 0 Å². The molecule has 1 amide bonds. The molecule has 26 heavy (non-hydrogen) atoms. The summed E-state index contributed by atoms with van der Waals surface area (Å²) in [5, 5.41) is -0.110. The number of carbonyl (C=O) groups is 1. The Morgan fingerprint density at radius 1 is 1.31 bits per heavy atom. The number of halogens is 2. The molecular weight excluding hydrogens is 386 g/mol. The lowest BCUT2D eigenvalue weighted by Crippen LogP contribution is -2.38. The third-order valence-electron chi connectivity index (χ3n) is 4.65. The predicted octanol–water partition coefficient (Wildman–Crippen LogP) is 1.75. The summed E-state index contributed by atoms with van der Waals surface area (Å²) < 4.78 is 56.9. The van der Waals surface area contributed by atoms with Gasteiger partial charge in [-0.25, -0.2) is 17.2 Å². The molecule has 3 saturated heterocycles. The van der Waals surface area contributed by atoms with E-state index in [2.05, 4.69) is 4.99 Å². The third kappa shape index (κ3) is 3.25. The molecule has 3 heterocycles. The SMILES string of the molecule is O=C(N=C1S[C@H]2CS(=O)(=O)C[C@@H]2N1c1ccc(F)cc1F)[C@@H]1CCCO1. The van der Waals surface area contributed by atoms with Gasteiger partial charge in [-0.2, -0.15) is 4.99 Å². The van der Waals surface area contributed by atoms with Crippen LogP contribution >= 0.6 is 11.8 Å². The molecule has 0 aliphatic carbocycles. The molecule has 3 aliphatic rings. The molecule has 1 aromatic rings. The summed E-state index contributed by atoms with van der Waals surface area (Å²) in [5.41, 5.74) is 0.0161. The lowest BCUT2D eigenvalue weighted by atomic mass is 10.2. The van der Waals surface area contributed by atoms with Crippen LogP contribution in [0.15, 0.2) is 23.2 Å². The summed E-state index contributed by atoms with van der Waals surface area (Å²) in [6.45, 7) is 0.494. The van der Waals surface area contributed by atoms with Gasteiger partial charge in [0.15, 0.2) is 15.0 Å². The Labute approximate surface area is 153 Å². The number of nitrogens with zero attached hydrogens (tertiary/aromatic N) is 2. The maximum atomic E-state index is 14.4. The van der Waals surface area contributed by atoms with E-state index >= 15 is 0 Å². The molecule has 0 spiro atoms. The van der Waals surface area contributed by atoms with Gasteiger partial charge >= 0.3 is 0 Å². The summed E-state index contributed by atoms with van der Waals surface area (Å²) >= 11 is 1.15. The van der Waals surface area contributed by atoms with E-state index in [0.717, 1.165) is 30.3 Å². The highest BCUT2D eigenvalue weighted by Crippen LogP contribution is 2.42. The van der Waals surface area contributed by atoms with E-state index in [1.165, 1.54) is 11.0 Å². The molecule has 140 valence electrons. The Bertz CT molecular complexity index is 884. The van der Waals surface area contributed by atoms with Crippen LogP contribution in [-0.2, 0) is 19.4 Å². The number of sulfone groups is 1. The number of benzene rings is 1. The van der Waals surface area contributed by atoms with Gasteiger partial charge in [-0.3, -0.25) is 4.79 Å². The highest BCUT2D eigenvalue weighted by molar-refractivity contribution is 8.16. The minimum atomic E-state index is -3.26. The van der Waals surface area contributed by atoms with Gasteiger partial charge < -0.3 is 9.64 Å². The molecule has 0 bridgehead atoms. The van der Waals surface area contributed by atoms with Crippen LogP contribution in [0.4, 0.5) is 14.5 Å². The van der Waals surface area contributed by atoms with Gasteiger partial charge in [-0.15, -0.1) is 0 Å². The highest BCUT2D eigenvalue weighted by Gasteiger charge is 2.50. The first kappa shape index (κ1) is 17.9. The molecule has 0 radical (unpaired) electrons. The molecule has 4 rings (SSSR count). The third-order valence-corrected chi connectivity index (χ3v) is 7.86. The van der Waals surface area contributed by atoms with E-state index < -0.39 is 39.5 Å². The van der Waals surface area contributed by atoms with Crippen LogP contribution in [0.25, 0.3) is 0 Å². The van der Waals surface area contributed by atoms with Gasteiger partial charge in [0.1, 0.15) is 17.7 Å². The highest BCUT2D eigenvalue weighted by atomic mass is 32.2. The van der Waals surface area contributed by atoms with E-state index in [-0.39, 0.29) is 27.6 Å². The van der Waals surface area contributed by atoms with Crippen molar-refractivity contribution in [3.63, 3.8) is 0 Å². The van der Waals surface area contributed by atoms with Gasteiger partial charge in [0.2, 0.25) is 0 Å². The second kappa shape index (κ2) is 6.58. The van der Waals surface area contributed by atoms with Gasteiger partial charge in [-0.05, 0) is 25.0 Å². The van der Waals surface area contributed by atoms with Crippen molar-refractivity contribution in [2.45, 2.75) is 30.2 Å². The van der Waals surface area contributed by atoms with Crippen LogP contribution in [-0.4, -0.2) is 55.0 Å². The number of hydrogen-bond donors (Lipinski definition) is 0. The topological polar surface area (TPSA) is 76.0 Å². The van der Waals surface area contributed by atoms with E-state index in [0.29, 0.717) is 13.0 Å². The van der Waals surface area contributed by atoms with Crippen LogP contribution in [0.5, 0.6) is 0 Å². The first-order valence-electron chi connectivity index (χ1n) is 8.19. The maximum absolute atomic E-state index is 14.4. The first-order valence-corrected chi connectivity index (χ1v) is 10.9. The van der Waals surface area contributed by atoms with Gasteiger partial charge in [-0.1, -0.05) is 11.8 Å². The van der Waals surface area contributed by atoms with Gasteiger partial charge in [0, 0.05) is 17.9 Å². The summed E-state index contributed by atoms with van der Waals surface area (Å²) in [5.74, 6) is -2.24. The van der Waals surface area contributed by atoms with Crippen molar-refractivity contribution in [2.75, 3.05) is 23.0 Å². The lowest BCUT2D eigenvalue weighted by Gasteiger charge is -2.25. The van der Waals surface area contributed by atoms with Crippen molar-refractivity contribution in [1.29, 1.82) is 0 Å². The predicted molar refractivity (Wildman–Crippen MR) is 94.1 cm³/mol. The zero-order valence-electron chi connectivity index (χ0n) is 13.6. The summed E-state index contributed by atoms with van der Waals surface area (Å²) in [4.78, 5) is 17.9. The molecule has 1 aromatic carbocycles. The van der Waals surface area contributed by atoms with E-state index in [1.807, 2.05) is 0 Å². The van der Waals surface area contributed by atoms with Crippen molar-refractivity contribution < 1.29 is 26.7 Å². The van der Waals surface area contributed by atoms with E-state index in [9.17, 15) is 22.0 Å².